The molecule has 1 fully saturated rings. The van der Waals surface area contributed by atoms with Gasteiger partial charge >= 0.3 is 6.09 Å². The van der Waals surface area contributed by atoms with E-state index in [2.05, 4.69) is 55.1 Å². The summed E-state index contributed by atoms with van der Waals surface area (Å²) in [4.78, 5) is 29.7. The van der Waals surface area contributed by atoms with E-state index in [1.807, 2.05) is 39.0 Å². The largest absolute Gasteiger partial charge is 0.444 e. The van der Waals surface area contributed by atoms with E-state index < -0.39 is 5.60 Å². The van der Waals surface area contributed by atoms with Crippen molar-refractivity contribution in [1.29, 1.82) is 0 Å². The van der Waals surface area contributed by atoms with E-state index in [4.69, 9.17) is 14.7 Å². The van der Waals surface area contributed by atoms with E-state index in [0.29, 0.717) is 18.4 Å². The number of ether oxygens (including phenoxy) is 1. The maximum atomic E-state index is 12.0. The van der Waals surface area contributed by atoms with Gasteiger partial charge in [0, 0.05) is 30.1 Å². The van der Waals surface area contributed by atoms with Gasteiger partial charge in [-0.05, 0) is 67.3 Å². The number of carbonyl (C=O) groups excluding carboxylic acids is 1. The topological polar surface area (TPSA) is 85.2 Å². The minimum atomic E-state index is -0.485. The van der Waals surface area contributed by atoms with Crippen LogP contribution in [-0.2, 0) is 4.74 Å². The van der Waals surface area contributed by atoms with Crippen LogP contribution >= 0.6 is 21.2 Å². The zero-order chi connectivity index (χ0) is 25.6. The fraction of sp³-hybridized carbons (Fsp3) is 0.520. The van der Waals surface area contributed by atoms with Crippen molar-refractivity contribution in [2.45, 2.75) is 58.0 Å². The Morgan fingerprint density at radius 1 is 1.17 bits per heavy atom. The molecule has 1 aliphatic rings. The average Bonchev–Trinajstić information content (AvgIpc) is 3.23. The van der Waals surface area contributed by atoms with Crippen LogP contribution in [0.15, 0.2) is 35.5 Å². The lowest BCUT2D eigenvalue weighted by Crippen LogP contribution is -2.40. The molecular weight excluding hydrogens is 479 g/mol. The molecule has 1 amide bonds. The Balaban J connectivity index is 0.00000167. The summed E-state index contributed by atoms with van der Waals surface area (Å²) < 4.78 is 7.20. The van der Waals surface area contributed by atoms with Gasteiger partial charge in [0.25, 0.3) is 0 Å². The highest BCUT2D eigenvalue weighted by Gasteiger charge is 2.24. The van der Waals surface area contributed by atoms with Crippen molar-refractivity contribution >= 4 is 44.4 Å². The molecule has 190 valence electrons. The molecule has 3 aromatic rings. The van der Waals surface area contributed by atoms with E-state index in [0.717, 1.165) is 48.4 Å². The molecule has 0 radical (unpaired) electrons. The summed E-state index contributed by atoms with van der Waals surface area (Å²) in [6, 6.07) is 8.39. The van der Waals surface area contributed by atoms with Gasteiger partial charge in [-0.2, -0.15) is 4.98 Å². The normalized spacial score (nSPS) is 14.4. The van der Waals surface area contributed by atoms with Crippen molar-refractivity contribution in [2.24, 2.45) is 5.92 Å². The Kier molecular flexibility index (Phi) is 9.36. The van der Waals surface area contributed by atoms with Gasteiger partial charge in [-0.15, -0.1) is 11.8 Å². The van der Waals surface area contributed by atoms with Crippen LogP contribution in [0, 0.1) is 5.92 Å². The number of carbonyl (C=O) groups is 1. The Morgan fingerprint density at radius 3 is 2.43 bits per heavy atom. The first-order chi connectivity index (χ1) is 16.7. The first-order valence-corrected chi connectivity index (χ1v) is 13.8. The molecule has 1 unspecified atom stereocenters. The Bertz CT molecular complexity index is 1120. The molecule has 4 rings (SSSR count). The SMILES string of the molecule is CC.CSc1ccc(-c2nc(N3CCC(CNC(=O)OC(C)(C)C)CC3)nc3c2ncn3P)cc1. The van der Waals surface area contributed by atoms with Crippen LogP contribution in [0.1, 0.15) is 47.5 Å². The minimum Gasteiger partial charge on any atom is -0.444 e. The average molecular weight is 517 g/mol. The van der Waals surface area contributed by atoms with Gasteiger partial charge in [-0.25, -0.2) is 14.8 Å². The number of fused-ring (bicyclic) bond motifs is 1. The first kappa shape index (κ1) is 27.2. The summed E-state index contributed by atoms with van der Waals surface area (Å²) in [5, 5.41) is 2.90. The zero-order valence-corrected chi connectivity index (χ0v) is 23.5. The molecule has 10 heteroatoms. The van der Waals surface area contributed by atoms with Crippen LogP contribution in [-0.4, -0.2) is 56.9 Å². The van der Waals surface area contributed by atoms with E-state index in [-0.39, 0.29) is 6.09 Å². The molecule has 0 bridgehead atoms. The number of imidazole rings is 1. The third-order valence-corrected chi connectivity index (χ3v) is 6.73. The molecule has 3 heterocycles. The van der Waals surface area contributed by atoms with Crippen molar-refractivity contribution in [3.05, 3.63) is 30.6 Å². The highest BCUT2D eigenvalue weighted by atomic mass is 32.2. The molecule has 0 aliphatic carbocycles. The fourth-order valence-corrected chi connectivity index (χ4v) is 4.53. The number of rotatable bonds is 5. The quantitative estimate of drug-likeness (QED) is 0.348. The molecular formula is C25H37N6O2PS. The second-order valence-corrected chi connectivity index (χ2v) is 10.7. The lowest BCUT2D eigenvalue weighted by atomic mass is 9.97. The standard InChI is InChI=1S/C23H31N6O2PS.C2H6/c1-23(2,3)31-22(30)24-13-15-9-11-28(12-10-15)21-26-18(16-5-7-17(33-4)8-6-16)19-20(27-21)29(32)14-25-19;1-2/h5-8,14-15H,9-13,32H2,1-4H3,(H,24,30);1-2H3. The number of amides is 1. The van der Waals surface area contributed by atoms with Crippen molar-refractivity contribution in [3.63, 3.8) is 0 Å². The highest BCUT2D eigenvalue weighted by Crippen LogP contribution is 2.30. The van der Waals surface area contributed by atoms with Crippen molar-refractivity contribution in [2.75, 3.05) is 30.8 Å². The number of hydrogen-bond acceptors (Lipinski definition) is 7. The van der Waals surface area contributed by atoms with Gasteiger partial charge in [-0.1, -0.05) is 26.0 Å². The fourth-order valence-electron chi connectivity index (χ4n) is 3.88. The number of anilines is 1. The van der Waals surface area contributed by atoms with Crippen molar-refractivity contribution < 1.29 is 9.53 Å². The molecule has 1 saturated heterocycles. The van der Waals surface area contributed by atoms with Gasteiger partial charge in [-0.3, -0.25) is 4.34 Å². The predicted octanol–water partition coefficient (Wildman–Crippen LogP) is 5.62. The van der Waals surface area contributed by atoms with E-state index in [9.17, 15) is 4.79 Å². The number of benzene rings is 1. The number of piperidine rings is 1. The summed E-state index contributed by atoms with van der Waals surface area (Å²) in [6.07, 6.45) is 5.37. The number of thioether (sulfide) groups is 1. The first-order valence-electron chi connectivity index (χ1n) is 12.1. The van der Waals surface area contributed by atoms with Gasteiger partial charge in [0.2, 0.25) is 5.95 Å². The molecule has 2 aromatic heterocycles. The molecule has 1 N–H and O–H groups in total. The summed E-state index contributed by atoms with van der Waals surface area (Å²) in [5.41, 5.74) is 2.98. The summed E-state index contributed by atoms with van der Waals surface area (Å²) in [7, 11) is 2.65. The van der Waals surface area contributed by atoms with Crippen LogP contribution in [0.25, 0.3) is 22.4 Å². The summed E-state index contributed by atoms with van der Waals surface area (Å²) >= 11 is 1.72. The molecule has 0 saturated carbocycles. The molecule has 1 aliphatic heterocycles. The number of nitrogens with one attached hydrogen (secondary N) is 1. The molecule has 8 nitrogen and oxygen atoms in total. The minimum absolute atomic E-state index is 0.357. The number of alkyl carbamates (subject to hydrolysis) is 1. The van der Waals surface area contributed by atoms with Crippen molar-refractivity contribution in [3.8, 4) is 11.3 Å². The maximum absolute atomic E-state index is 12.0. The second-order valence-electron chi connectivity index (χ2n) is 9.24. The lowest BCUT2D eigenvalue weighted by molar-refractivity contribution is 0.0516. The predicted molar refractivity (Wildman–Crippen MR) is 148 cm³/mol. The second kappa shape index (κ2) is 12.0. The maximum Gasteiger partial charge on any atom is 0.407 e. The Morgan fingerprint density at radius 2 is 1.83 bits per heavy atom. The molecule has 35 heavy (non-hydrogen) atoms. The van der Waals surface area contributed by atoms with Gasteiger partial charge in [0.05, 0.1) is 0 Å². The zero-order valence-electron chi connectivity index (χ0n) is 21.5. The van der Waals surface area contributed by atoms with Gasteiger partial charge in [0.15, 0.2) is 5.65 Å². The molecule has 0 spiro atoms. The molecule has 1 atom stereocenters. The van der Waals surface area contributed by atoms with Crippen molar-refractivity contribution in [1.82, 2.24) is 24.6 Å². The number of nitrogens with zero attached hydrogens (tertiary/aromatic N) is 5. The third-order valence-electron chi connectivity index (χ3n) is 5.60. The van der Waals surface area contributed by atoms with Crippen LogP contribution in [0.5, 0.6) is 0 Å². The van der Waals surface area contributed by atoms with E-state index in [1.54, 1.807) is 18.1 Å². The van der Waals surface area contributed by atoms with Crippen LogP contribution < -0.4 is 10.2 Å². The van der Waals surface area contributed by atoms with Gasteiger partial charge in [0.1, 0.15) is 23.1 Å². The number of aromatic nitrogens is 4. The highest BCUT2D eigenvalue weighted by molar-refractivity contribution is 7.98. The Hall–Kier alpha value is -2.38. The summed E-state index contributed by atoms with van der Waals surface area (Å²) in [5.74, 6) is 1.12. The van der Waals surface area contributed by atoms with E-state index in [1.165, 1.54) is 4.90 Å². The number of hydrogen-bond donors (Lipinski definition) is 1. The Labute approximate surface area is 214 Å². The summed E-state index contributed by atoms with van der Waals surface area (Å²) in [6.45, 7) is 11.9. The van der Waals surface area contributed by atoms with Crippen LogP contribution in [0.2, 0.25) is 0 Å². The lowest BCUT2D eigenvalue weighted by Gasteiger charge is -2.32. The monoisotopic (exact) mass is 516 g/mol. The van der Waals surface area contributed by atoms with Gasteiger partial charge < -0.3 is 15.0 Å². The van der Waals surface area contributed by atoms with E-state index >= 15 is 0 Å². The third kappa shape index (κ3) is 7.07. The smallest absolute Gasteiger partial charge is 0.407 e. The van der Waals surface area contributed by atoms with Crippen LogP contribution in [0.3, 0.4) is 0 Å². The molecule has 1 aromatic carbocycles. The van der Waals surface area contributed by atoms with Crippen LogP contribution in [0.4, 0.5) is 10.7 Å².